The number of aliphatic carboxylic acids is 1. The molecule has 0 aliphatic carbocycles. The molecular formula is C13H18N2O4. The number of nitrogens with zero attached hydrogens (tertiary/aromatic N) is 1. The molecule has 0 bridgehead atoms. The summed E-state index contributed by atoms with van der Waals surface area (Å²) < 4.78 is 0. The van der Waals surface area contributed by atoms with Gasteiger partial charge in [0.1, 0.15) is 0 Å². The second-order valence-corrected chi connectivity index (χ2v) is 4.78. The van der Waals surface area contributed by atoms with Crippen molar-refractivity contribution in [2.24, 2.45) is 5.41 Å². The van der Waals surface area contributed by atoms with Crippen LogP contribution in [0.2, 0.25) is 0 Å². The standard InChI is InChI=1S/C13H18N2O4/c1-4-13(3,12(16)17)8-14-10-6-5-7-11(9(10)2)15(18)19/h5-7,14H,4,8H2,1-3H3,(H,16,17). The van der Waals surface area contributed by atoms with Gasteiger partial charge in [-0.3, -0.25) is 14.9 Å². The van der Waals surface area contributed by atoms with Crippen LogP contribution in [-0.2, 0) is 4.79 Å². The minimum Gasteiger partial charge on any atom is -0.481 e. The molecule has 0 amide bonds. The monoisotopic (exact) mass is 266 g/mol. The Morgan fingerprint density at radius 2 is 2.16 bits per heavy atom. The SMILES string of the molecule is CCC(C)(CNc1cccc([N+](=O)[O-])c1C)C(=O)O. The Morgan fingerprint density at radius 3 is 2.63 bits per heavy atom. The Morgan fingerprint density at radius 1 is 1.53 bits per heavy atom. The molecule has 0 heterocycles. The second-order valence-electron chi connectivity index (χ2n) is 4.78. The number of rotatable bonds is 6. The zero-order valence-corrected chi connectivity index (χ0v) is 11.3. The molecule has 0 fully saturated rings. The topological polar surface area (TPSA) is 92.5 Å². The molecule has 1 aromatic carbocycles. The number of carbonyl (C=O) groups is 1. The molecule has 1 aromatic rings. The molecule has 0 aliphatic heterocycles. The molecular weight excluding hydrogens is 248 g/mol. The van der Waals surface area contributed by atoms with E-state index in [9.17, 15) is 20.0 Å². The highest BCUT2D eigenvalue weighted by atomic mass is 16.6. The molecule has 0 spiro atoms. The van der Waals surface area contributed by atoms with Crippen LogP contribution in [0.4, 0.5) is 11.4 Å². The molecule has 0 aromatic heterocycles. The fraction of sp³-hybridized carbons (Fsp3) is 0.462. The van der Waals surface area contributed by atoms with Crippen molar-refractivity contribution in [1.82, 2.24) is 0 Å². The van der Waals surface area contributed by atoms with Gasteiger partial charge in [0.15, 0.2) is 0 Å². The zero-order chi connectivity index (χ0) is 14.6. The van der Waals surface area contributed by atoms with Gasteiger partial charge in [0, 0.05) is 23.9 Å². The summed E-state index contributed by atoms with van der Waals surface area (Å²) in [6.07, 6.45) is 0.476. The predicted molar refractivity (Wildman–Crippen MR) is 72.4 cm³/mol. The third-order valence-corrected chi connectivity index (χ3v) is 3.47. The summed E-state index contributed by atoms with van der Waals surface area (Å²) in [5, 5.41) is 23.0. The molecule has 1 atom stereocenters. The van der Waals surface area contributed by atoms with Crippen LogP contribution in [0.25, 0.3) is 0 Å². The molecule has 0 radical (unpaired) electrons. The zero-order valence-electron chi connectivity index (χ0n) is 11.3. The summed E-state index contributed by atoms with van der Waals surface area (Å²) in [6.45, 7) is 5.32. The molecule has 2 N–H and O–H groups in total. The maximum atomic E-state index is 11.2. The van der Waals surface area contributed by atoms with Crippen molar-refractivity contribution < 1.29 is 14.8 Å². The van der Waals surface area contributed by atoms with Crippen LogP contribution < -0.4 is 5.32 Å². The normalized spacial score (nSPS) is 13.6. The number of hydrogen-bond donors (Lipinski definition) is 2. The molecule has 0 saturated heterocycles. The van der Waals surface area contributed by atoms with E-state index in [0.717, 1.165) is 0 Å². The van der Waals surface area contributed by atoms with Crippen LogP contribution in [0.15, 0.2) is 18.2 Å². The van der Waals surface area contributed by atoms with Gasteiger partial charge >= 0.3 is 5.97 Å². The van der Waals surface area contributed by atoms with Gasteiger partial charge in [-0.15, -0.1) is 0 Å². The van der Waals surface area contributed by atoms with Gasteiger partial charge in [0.2, 0.25) is 0 Å². The fourth-order valence-corrected chi connectivity index (χ4v) is 1.65. The van der Waals surface area contributed by atoms with E-state index in [0.29, 0.717) is 17.7 Å². The molecule has 19 heavy (non-hydrogen) atoms. The van der Waals surface area contributed by atoms with E-state index in [-0.39, 0.29) is 12.2 Å². The van der Waals surface area contributed by atoms with E-state index in [2.05, 4.69) is 5.32 Å². The summed E-state index contributed by atoms with van der Waals surface area (Å²) >= 11 is 0. The van der Waals surface area contributed by atoms with Crippen molar-refractivity contribution in [3.05, 3.63) is 33.9 Å². The molecule has 1 unspecified atom stereocenters. The largest absolute Gasteiger partial charge is 0.481 e. The van der Waals surface area contributed by atoms with Gasteiger partial charge in [0.25, 0.3) is 5.69 Å². The third-order valence-electron chi connectivity index (χ3n) is 3.47. The molecule has 6 nitrogen and oxygen atoms in total. The summed E-state index contributed by atoms with van der Waals surface area (Å²) in [7, 11) is 0. The second kappa shape index (κ2) is 5.69. The first kappa shape index (κ1) is 14.9. The van der Waals surface area contributed by atoms with Crippen LogP contribution in [0, 0.1) is 22.5 Å². The van der Waals surface area contributed by atoms with E-state index < -0.39 is 16.3 Å². The number of benzene rings is 1. The van der Waals surface area contributed by atoms with Gasteiger partial charge in [-0.25, -0.2) is 0 Å². The minimum absolute atomic E-state index is 0.0264. The van der Waals surface area contributed by atoms with Gasteiger partial charge in [-0.2, -0.15) is 0 Å². The summed E-state index contributed by atoms with van der Waals surface area (Å²) in [4.78, 5) is 21.6. The molecule has 104 valence electrons. The molecule has 6 heteroatoms. The van der Waals surface area contributed by atoms with Crippen LogP contribution in [0.1, 0.15) is 25.8 Å². The van der Waals surface area contributed by atoms with E-state index in [1.54, 1.807) is 32.9 Å². The highest BCUT2D eigenvalue weighted by Gasteiger charge is 2.31. The quantitative estimate of drug-likeness (QED) is 0.610. The lowest BCUT2D eigenvalue weighted by Crippen LogP contribution is -2.34. The van der Waals surface area contributed by atoms with Crippen molar-refractivity contribution in [3.8, 4) is 0 Å². The van der Waals surface area contributed by atoms with Gasteiger partial charge < -0.3 is 10.4 Å². The van der Waals surface area contributed by atoms with Crippen molar-refractivity contribution in [1.29, 1.82) is 0 Å². The van der Waals surface area contributed by atoms with Gasteiger partial charge in [-0.05, 0) is 26.3 Å². The first-order valence-corrected chi connectivity index (χ1v) is 6.03. The van der Waals surface area contributed by atoms with E-state index >= 15 is 0 Å². The summed E-state index contributed by atoms with van der Waals surface area (Å²) in [6, 6.07) is 4.72. The third kappa shape index (κ3) is 3.21. The van der Waals surface area contributed by atoms with Crippen LogP contribution in [-0.4, -0.2) is 22.5 Å². The first-order valence-electron chi connectivity index (χ1n) is 6.03. The van der Waals surface area contributed by atoms with Crippen molar-refractivity contribution in [2.75, 3.05) is 11.9 Å². The van der Waals surface area contributed by atoms with Crippen molar-refractivity contribution >= 4 is 17.3 Å². The maximum absolute atomic E-state index is 11.2. The van der Waals surface area contributed by atoms with Crippen LogP contribution >= 0.6 is 0 Å². The summed E-state index contributed by atoms with van der Waals surface area (Å²) in [5.41, 5.74) is 0.238. The van der Waals surface area contributed by atoms with E-state index in [1.165, 1.54) is 6.07 Å². The van der Waals surface area contributed by atoms with Crippen LogP contribution in [0.3, 0.4) is 0 Å². The van der Waals surface area contributed by atoms with Crippen molar-refractivity contribution in [2.45, 2.75) is 27.2 Å². The lowest BCUT2D eigenvalue weighted by atomic mass is 9.87. The average molecular weight is 266 g/mol. The number of anilines is 1. The number of carboxylic acids is 1. The van der Waals surface area contributed by atoms with E-state index in [1.807, 2.05) is 0 Å². The summed E-state index contributed by atoms with van der Waals surface area (Å²) in [5.74, 6) is -0.884. The Labute approximate surface area is 111 Å². The maximum Gasteiger partial charge on any atom is 0.311 e. The predicted octanol–water partition coefficient (Wildman–Crippen LogP) is 2.82. The average Bonchev–Trinajstić information content (AvgIpc) is 2.36. The first-order chi connectivity index (χ1) is 8.81. The minimum atomic E-state index is -0.892. The number of hydrogen-bond acceptors (Lipinski definition) is 4. The number of nitro groups is 1. The molecule has 0 saturated carbocycles. The molecule has 1 rings (SSSR count). The lowest BCUT2D eigenvalue weighted by Gasteiger charge is -2.24. The number of nitro benzene ring substituents is 1. The fourth-order valence-electron chi connectivity index (χ4n) is 1.65. The molecule has 0 aliphatic rings. The number of carboxylic acid groups (broad SMARTS) is 1. The lowest BCUT2D eigenvalue weighted by molar-refractivity contribution is -0.385. The Hall–Kier alpha value is -2.11. The Bertz CT molecular complexity index is 501. The Balaban J connectivity index is 2.93. The smallest absolute Gasteiger partial charge is 0.311 e. The van der Waals surface area contributed by atoms with Gasteiger partial charge in [-0.1, -0.05) is 13.0 Å². The van der Waals surface area contributed by atoms with E-state index in [4.69, 9.17) is 0 Å². The van der Waals surface area contributed by atoms with Gasteiger partial charge in [0.05, 0.1) is 10.3 Å². The highest BCUT2D eigenvalue weighted by Crippen LogP contribution is 2.27. The van der Waals surface area contributed by atoms with Crippen molar-refractivity contribution in [3.63, 3.8) is 0 Å². The Kier molecular flexibility index (Phi) is 4.47. The highest BCUT2D eigenvalue weighted by molar-refractivity contribution is 5.75. The van der Waals surface area contributed by atoms with Crippen LogP contribution in [0.5, 0.6) is 0 Å². The number of nitrogens with one attached hydrogen (secondary N) is 1.